The first-order valence-corrected chi connectivity index (χ1v) is 6.28. The van der Waals surface area contributed by atoms with Gasteiger partial charge in [-0.3, -0.25) is 0 Å². The molecule has 0 bridgehead atoms. The van der Waals surface area contributed by atoms with Gasteiger partial charge in [0.15, 0.2) is 0 Å². The second-order valence-corrected chi connectivity index (χ2v) is 4.96. The number of nitrogens with one attached hydrogen (secondary N) is 1. The van der Waals surface area contributed by atoms with E-state index in [4.69, 9.17) is 5.73 Å². The van der Waals surface area contributed by atoms with Gasteiger partial charge in [0.25, 0.3) is 0 Å². The van der Waals surface area contributed by atoms with E-state index in [0.29, 0.717) is 12.1 Å². The van der Waals surface area contributed by atoms with Gasteiger partial charge in [-0.15, -0.1) is 0 Å². The number of aryl methyl sites for hydroxylation is 1. The average Bonchev–Trinajstić information content (AvgIpc) is 2.67. The SMILES string of the molecule is Cc1ccc(CCNC2CC[C@H](N)C2)cc1. The maximum Gasteiger partial charge on any atom is 0.00824 e. The second-order valence-electron chi connectivity index (χ2n) is 4.96. The monoisotopic (exact) mass is 218 g/mol. The Labute approximate surface area is 98.2 Å². The van der Waals surface area contributed by atoms with Crippen molar-refractivity contribution >= 4 is 0 Å². The van der Waals surface area contributed by atoms with Gasteiger partial charge in [-0.25, -0.2) is 0 Å². The van der Waals surface area contributed by atoms with Crippen molar-refractivity contribution in [3.8, 4) is 0 Å². The molecule has 2 rings (SSSR count). The van der Waals surface area contributed by atoms with Gasteiger partial charge < -0.3 is 11.1 Å². The molecule has 0 aromatic heterocycles. The maximum atomic E-state index is 5.88. The zero-order valence-electron chi connectivity index (χ0n) is 10.1. The number of nitrogens with two attached hydrogens (primary N) is 1. The lowest BCUT2D eigenvalue weighted by Gasteiger charge is -2.12. The summed E-state index contributed by atoms with van der Waals surface area (Å²) in [5.41, 5.74) is 8.63. The highest BCUT2D eigenvalue weighted by Gasteiger charge is 2.20. The van der Waals surface area contributed by atoms with Crippen LogP contribution in [0.1, 0.15) is 30.4 Å². The third-order valence-electron chi connectivity index (χ3n) is 3.44. The standard InChI is InChI=1S/C14H22N2/c1-11-2-4-12(5-3-11)8-9-16-14-7-6-13(15)10-14/h2-5,13-14,16H,6-10,15H2,1H3/t13-,14?/m0/s1. The van der Waals surface area contributed by atoms with Crippen LogP contribution >= 0.6 is 0 Å². The molecule has 1 aliphatic carbocycles. The maximum absolute atomic E-state index is 5.88. The predicted molar refractivity (Wildman–Crippen MR) is 68.5 cm³/mol. The molecule has 1 saturated carbocycles. The largest absolute Gasteiger partial charge is 0.328 e. The number of benzene rings is 1. The molecule has 1 aromatic rings. The fourth-order valence-corrected chi connectivity index (χ4v) is 2.38. The lowest BCUT2D eigenvalue weighted by molar-refractivity contribution is 0.520. The van der Waals surface area contributed by atoms with Crippen LogP contribution in [0.3, 0.4) is 0 Å². The van der Waals surface area contributed by atoms with E-state index in [-0.39, 0.29) is 0 Å². The van der Waals surface area contributed by atoms with Gasteiger partial charge in [0, 0.05) is 12.1 Å². The van der Waals surface area contributed by atoms with Crippen LogP contribution in [0.5, 0.6) is 0 Å². The van der Waals surface area contributed by atoms with Crippen molar-refractivity contribution < 1.29 is 0 Å². The Balaban J connectivity index is 1.70. The summed E-state index contributed by atoms with van der Waals surface area (Å²) in [5.74, 6) is 0. The lowest BCUT2D eigenvalue weighted by Crippen LogP contribution is -2.30. The first kappa shape index (κ1) is 11.6. The molecule has 1 unspecified atom stereocenters. The van der Waals surface area contributed by atoms with E-state index in [1.165, 1.54) is 24.0 Å². The van der Waals surface area contributed by atoms with Gasteiger partial charge in [0.2, 0.25) is 0 Å². The topological polar surface area (TPSA) is 38.0 Å². The lowest BCUT2D eigenvalue weighted by atomic mass is 10.1. The van der Waals surface area contributed by atoms with E-state index in [0.717, 1.165) is 19.4 Å². The van der Waals surface area contributed by atoms with Crippen LogP contribution in [-0.4, -0.2) is 18.6 Å². The zero-order chi connectivity index (χ0) is 11.4. The Morgan fingerprint density at radius 1 is 1.25 bits per heavy atom. The molecule has 0 amide bonds. The van der Waals surface area contributed by atoms with E-state index >= 15 is 0 Å². The molecule has 2 atom stereocenters. The average molecular weight is 218 g/mol. The smallest absolute Gasteiger partial charge is 0.00824 e. The van der Waals surface area contributed by atoms with Crippen LogP contribution < -0.4 is 11.1 Å². The molecule has 1 aliphatic rings. The summed E-state index contributed by atoms with van der Waals surface area (Å²) in [5, 5.41) is 3.60. The minimum Gasteiger partial charge on any atom is -0.328 e. The molecular weight excluding hydrogens is 196 g/mol. The van der Waals surface area contributed by atoms with Crippen molar-refractivity contribution in [1.29, 1.82) is 0 Å². The molecule has 88 valence electrons. The molecule has 1 fully saturated rings. The molecule has 0 heterocycles. The normalized spacial score (nSPS) is 24.9. The molecular formula is C14H22N2. The van der Waals surface area contributed by atoms with Gasteiger partial charge in [-0.1, -0.05) is 29.8 Å². The van der Waals surface area contributed by atoms with Gasteiger partial charge in [-0.05, 0) is 44.7 Å². The van der Waals surface area contributed by atoms with Gasteiger partial charge in [0.05, 0.1) is 0 Å². The summed E-state index contributed by atoms with van der Waals surface area (Å²) < 4.78 is 0. The van der Waals surface area contributed by atoms with Crippen molar-refractivity contribution in [2.24, 2.45) is 5.73 Å². The van der Waals surface area contributed by atoms with Crippen LogP contribution in [0.4, 0.5) is 0 Å². The number of hydrogen-bond acceptors (Lipinski definition) is 2. The summed E-state index contributed by atoms with van der Waals surface area (Å²) in [7, 11) is 0. The summed E-state index contributed by atoms with van der Waals surface area (Å²) in [6, 6.07) is 9.88. The van der Waals surface area contributed by atoms with E-state index in [2.05, 4.69) is 36.5 Å². The fraction of sp³-hybridized carbons (Fsp3) is 0.571. The van der Waals surface area contributed by atoms with E-state index in [1.54, 1.807) is 0 Å². The Morgan fingerprint density at radius 3 is 2.62 bits per heavy atom. The summed E-state index contributed by atoms with van der Waals surface area (Å²) in [6.07, 6.45) is 4.69. The van der Waals surface area contributed by atoms with E-state index in [9.17, 15) is 0 Å². The van der Waals surface area contributed by atoms with Crippen molar-refractivity contribution in [1.82, 2.24) is 5.32 Å². The van der Waals surface area contributed by atoms with Crippen LogP contribution in [0.2, 0.25) is 0 Å². The summed E-state index contributed by atoms with van der Waals surface area (Å²) in [4.78, 5) is 0. The Kier molecular flexibility index (Phi) is 3.97. The Morgan fingerprint density at radius 2 is 2.00 bits per heavy atom. The highest BCUT2D eigenvalue weighted by Crippen LogP contribution is 2.16. The Hall–Kier alpha value is -0.860. The zero-order valence-corrected chi connectivity index (χ0v) is 10.1. The van der Waals surface area contributed by atoms with Crippen molar-refractivity contribution in [2.75, 3.05) is 6.54 Å². The van der Waals surface area contributed by atoms with Crippen molar-refractivity contribution in [2.45, 2.75) is 44.7 Å². The summed E-state index contributed by atoms with van der Waals surface area (Å²) in [6.45, 7) is 3.20. The van der Waals surface area contributed by atoms with Crippen molar-refractivity contribution in [3.05, 3.63) is 35.4 Å². The molecule has 1 aromatic carbocycles. The van der Waals surface area contributed by atoms with Gasteiger partial charge in [-0.2, -0.15) is 0 Å². The first-order chi connectivity index (χ1) is 7.74. The van der Waals surface area contributed by atoms with E-state index < -0.39 is 0 Å². The third-order valence-corrected chi connectivity index (χ3v) is 3.44. The second kappa shape index (κ2) is 5.46. The summed E-state index contributed by atoms with van der Waals surface area (Å²) >= 11 is 0. The van der Waals surface area contributed by atoms with E-state index in [1.807, 2.05) is 0 Å². The Bertz CT molecular complexity index is 318. The third kappa shape index (κ3) is 3.32. The molecule has 0 saturated heterocycles. The van der Waals surface area contributed by atoms with Crippen molar-refractivity contribution in [3.63, 3.8) is 0 Å². The molecule has 2 nitrogen and oxygen atoms in total. The predicted octanol–water partition coefficient (Wildman–Crippen LogP) is 2.01. The van der Waals surface area contributed by atoms with Gasteiger partial charge in [0.1, 0.15) is 0 Å². The van der Waals surface area contributed by atoms with Crippen LogP contribution in [0.15, 0.2) is 24.3 Å². The number of hydrogen-bond donors (Lipinski definition) is 2. The number of rotatable bonds is 4. The van der Waals surface area contributed by atoms with Crippen LogP contribution in [0, 0.1) is 6.92 Å². The fourth-order valence-electron chi connectivity index (χ4n) is 2.38. The van der Waals surface area contributed by atoms with Crippen LogP contribution in [-0.2, 0) is 6.42 Å². The van der Waals surface area contributed by atoms with Crippen LogP contribution in [0.25, 0.3) is 0 Å². The minimum absolute atomic E-state index is 0.428. The molecule has 0 spiro atoms. The molecule has 0 radical (unpaired) electrons. The molecule has 3 N–H and O–H groups in total. The first-order valence-electron chi connectivity index (χ1n) is 6.28. The minimum atomic E-state index is 0.428. The highest BCUT2D eigenvalue weighted by atomic mass is 14.9. The quantitative estimate of drug-likeness (QED) is 0.811. The molecule has 2 heteroatoms. The molecule has 0 aliphatic heterocycles. The molecule has 16 heavy (non-hydrogen) atoms. The highest BCUT2D eigenvalue weighted by molar-refractivity contribution is 5.21. The van der Waals surface area contributed by atoms with Gasteiger partial charge >= 0.3 is 0 Å².